The van der Waals surface area contributed by atoms with Gasteiger partial charge in [0.15, 0.2) is 0 Å². The number of anilines is 3. The second kappa shape index (κ2) is 6.19. The van der Waals surface area contributed by atoms with Crippen molar-refractivity contribution in [2.24, 2.45) is 0 Å². The van der Waals surface area contributed by atoms with Gasteiger partial charge in [0.25, 0.3) is 0 Å². The minimum atomic E-state index is 0.721. The predicted octanol–water partition coefficient (Wildman–Crippen LogP) is 1.45. The van der Waals surface area contributed by atoms with E-state index in [1.807, 2.05) is 32.0 Å². The third-order valence-corrected chi connectivity index (χ3v) is 4.40. The fourth-order valence-corrected chi connectivity index (χ4v) is 3.13. The highest BCUT2D eigenvalue weighted by Gasteiger charge is 2.23. The Morgan fingerprint density at radius 1 is 1.00 bits per heavy atom. The van der Waals surface area contributed by atoms with Crippen molar-refractivity contribution in [3.8, 4) is 0 Å². The van der Waals surface area contributed by atoms with Gasteiger partial charge >= 0.3 is 0 Å². The van der Waals surface area contributed by atoms with Crippen molar-refractivity contribution >= 4 is 28.7 Å². The summed E-state index contributed by atoms with van der Waals surface area (Å²) in [5.74, 6) is 2.51. The number of nitrogens with one attached hydrogen (secondary N) is 1. The fraction of sp³-hybridized carbons (Fsp3) is 0.412. The zero-order valence-electron chi connectivity index (χ0n) is 14.8. The van der Waals surface area contributed by atoms with Crippen LogP contribution in [0.25, 0.3) is 11.0 Å². The van der Waals surface area contributed by atoms with Crippen molar-refractivity contribution in [1.82, 2.24) is 24.9 Å². The van der Waals surface area contributed by atoms with Crippen LogP contribution in [0, 0.1) is 6.92 Å². The molecule has 0 bridgehead atoms. The van der Waals surface area contributed by atoms with Crippen LogP contribution in [0.15, 0.2) is 24.5 Å². The van der Waals surface area contributed by atoms with E-state index >= 15 is 0 Å². The summed E-state index contributed by atoms with van der Waals surface area (Å²) in [5.41, 5.74) is 1.98. The molecule has 1 N–H and O–H groups in total. The average Bonchev–Trinajstić information content (AvgIpc) is 3.02. The highest BCUT2D eigenvalue weighted by Crippen LogP contribution is 2.28. The molecule has 4 heterocycles. The van der Waals surface area contributed by atoms with Gasteiger partial charge in [-0.15, -0.1) is 0 Å². The average molecular weight is 338 g/mol. The lowest BCUT2D eigenvalue weighted by Crippen LogP contribution is -2.47. The molecule has 0 saturated carbocycles. The molecule has 0 aromatic carbocycles. The van der Waals surface area contributed by atoms with E-state index in [4.69, 9.17) is 4.98 Å². The molecule has 3 aromatic rings. The van der Waals surface area contributed by atoms with Crippen molar-refractivity contribution in [3.05, 3.63) is 30.2 Å². The Bertz CT molecular complexity index is 865. The second-order valence-corrected chi connectivity index (χ2v) is 6.48. The lowest BCUT2D eigenvalue weighted by molar-refractivity contribution is 0.635. The van der Waals surface area contributed by atoms with Crippen molar-refractivity contribution in [2.45, 2.75) is 6.92 Å². The molecule has 3 aromatic heterocycles. The van der Waals surface area contributed by atoms with Crippen LogP contribution in [0.5, 0.6) is 0 Å². The van der Waals surface area contributed by atoms with Crippen molar-refractivity contribution in [3.63, 3.8) is 0 Å². The van der Waals surface area contributed by atoms with Crippen LogP contribution in [0.2, 0.25) is 0 Å². The molecule has 1 aliphatic rings. The molecule has 8 heteroatoms. The lowest BCUT2D eigenvalue weighted by Gasteiger charge is -2.35. The number of H-pyrrole nitrogens is 1. The molecular weight excluding hydrogens is 316 g/mol. The molecule has 0 radical (unpaired) electrons. The first kappa shape index (κ1) is 15.6. The number of aryl methyl sites for hydroxylation is 1. The summed E-state index contributed by atoms with van der Waals surface area (Å²) >= 11 is 0. The Morgan fingerprint density at radius 2 is 1.68 bits per heavy atom. The first-order valence-electron chi connectivity index (χ1n) is 8.43. The Hall–Kier alpha value is -2.90. The summed E-state index contributed by atoms with van der Waals surface area (Å²) in [6, 6.07) is 3.96. The minimum absolute atomic E-state index is 0.721. The van der Waals surface area contributed by atoms with Gasteiger partial charge in [-0.3, -0.25) is 0 Å². The monoisotopic (exact) mass is 338 g/mol. The zero-order chi connectivity index (χ0) is 17.4. The number of hydrogen-bond donors (Lipinski definition) is 1. The summed E-state index contributed by atoms with van der Waals surface area (Å²) in [4.78, 5) is 27.9. The molecule has 1 aliphatic heterocycles. The second-order valence-electron chi connectivity index (χ2n) is 6.48. The number of aromatic amines is 1. The Kier molecular flexibility index (Phi) is 3.87. The van der Waals surface area contributed by atoms with Gasteiger partial charge in [-0.2, -0.15) is 9.97 Å². The van der Waals surface area contributed by atoms with Gasteiger partial charge in [0.1, 0.15) is 11.5 Å². The highest BCUT2D eigenvalue weighted by atomic mass is 15.3. The maximum atomic E-state index is 4.81. The minimum Gasteiger partial charge on any atom is -0.352 e. The van der Waals surface area contributed by atoms with Crippen LogP contribution in [0.4, 0.5) is 17.7 Å². The van der Waals surface area contributed by atoms with Crippen molar-refractivity contribution < 1.29 is 0 Å². The van der Waals surface area contributed by atoms with E-state index < -0.39 is 0 Å². The zero-order valence-corrected chi connectivity index (χ0v) is 14.8. The number of rotatable bonds is 3. The number of fused-ring (bicyclic) bond motifs is 1. The molecule has 0 unspecified atom stereocenters. The van der Waals surface area contributed by atoms with Gasteiger partial charge in [-0.25, -0.2) is 9.97 Å². The summed E-state index contributed by atoms with van der Waals surface area (Å²) in [5, 5.41) is 1.08. The van der Waals surface area contributed by atoms with Gasteiger partial charge in [0, 0.05) is 58.4 Å². The molecule has 4 rings (SSSR count). The van der Waals surface area contributed by atoms with Crippen LogP contribution < -0.4 is 14.7 Å². The van der Waals surface area contributed by atoms with Gasteiger partial charge in [0.05, 0.1) is 5.39 Å². The third-order valence-electron chi connectivity index (χ3n) is 4.40. The van der Waals surface area contributed by atoms with Crippen LogP contribution in [0.1, 0.15) is 5.69 Å². The maximum Gasteiger partial charge on any atom is 0.228 e. The molecular formula is C17H22N8. The molecule has 8 nitrogen and oxygen atoms in total. The summed E-state index contributed by atoms with van der Waals surface area (Å²) in [6.45, 7) is 5.54. The standard InChI is InChI=1S/C17H22N8/c1-12-11-13-14(20-12)21-17(23(2)3)22-15(13)24-7-9-25(10-8-24)16-18-5-4-6-19-16/h4-6,11H,7-10H2,1-3H3,(H,20,21,22). The molecule has 25 heavy (non-hydrogen) atoms. The van der Waals surface area contributed by atoms with Crippen LogP contribution >= 0.6 is 0 Å². The number of aromatic nitrogens is 5. The van der Waals surface area contributed by atoms with Gasteiger partial charge in [0.2, 0.25) is 11.9 Å². The quantitative estimate of drug-likeness (QED) is 0.774. The van der Waals surface area contributed by atoms with Gasteiger partial charge < -0.3 is 19.7 Å². The first-order chi connectivity index (χ1) is 12.1. The molecule has 0 aliphatic carbocycles. The van der Waals surface area contributed by atoms with E-state index in [-0.39, 0.29) is 0 Å². The lowest BCUT2D eigenvalue weighted by atomic mass is 10.2. The Labute approximate surface area is 146 Å². The SMILES string of the molecule is Cc1cc2c(N3CCN(c4ncccn4)CC3)nc(N(C)C)nc2[nH]1. The van der Waals surface area contributed by atoms with Gasteiger partial charge in [-0.1, -0.05) is 0 Å². The summed E-state index contributed by atoms with van der Waals surface area (Å²) in [6.07, 6.45) is 3.57. The molecule has 1 fully saturated rings. The summed E-state index contributed by atoms with van der Waals surface area (Å²) in [7, 11) is 3.93. The number of piperazine rings is 1. The number of nitrogens with zero attached hydrogens (tertiary/aromatic N) is 7. The largest absolute Gasteiger partial charge is 0.352 e. The van der Waals surface area contributed by atoms with Crippen molar-refractivity contribution in [1.29, 1.82) is 0 Å². The maximum absolute atomic E-state index is 4.81. The van der Waals surface area contributed by atoms with E-state index in [2.05, 4.69) is 35.8 Å². The van der Waals surface area contributed by atoms with E-state index in [1.54, 1.807) is 12.4 Å². The fourth-order valence-electron chi connectivity index (χ4n) is 3.13. The van der Waals surface area contributed by atoms with Crippen LogP contribution in [-0.2, 0) is 0 Å². The molecule has 1 saturated heterocycles. The van der Waals surface area contributed by atoms with Crippen molar-refractivity contribution in [2.75, 3.05) is 55.0 Å². The van der Waals surface area contributed by atoms with Crippen LogP contribution in [-0.4, -0.2) is 65.2 Å². The topological polar surface area (TPSA) is 77.1 Å². The predicted molar refractivity (Wildman–Crippen MR) is 99.4 cm³/mol. The Balaban J connectivity index is 1.62. The molecule has 130 valence electrons. The first-order valence-corrected chi connectivity index (χ1v) is 8.43. The smallest absolute Gasteiger partial charge is 0.228 e. The van der Waals surface area contributed by atoms with Gasteiger partial charge in [-0.05, 0) is 19.1 Å². The summed E-state index contributed by atoms with van der Waals surface area (Å²) < 4.78 is 0. The Morgan fingerprint density at radius 3 is 2.36 bits per heavy atom. The third kappa shape index (κ3) is 2.95. The van der Waals surface area contributed by atoms with E-state index in [0.717, 1.165) is 60.6 Å². The van der Waals surface area contributed by atoms with E-state index in [9.17, 15) is 0 Å². The van der Waals surface area contributed by atoms with E-state index in [1.165, 1.54) is 0 Å². The molecule has 0 atom stereocenters. The number of hydrogen-bond acceptors (Lipinski definition) is 7. The molecule has 0 spiro atoms. The normalized spacial score (nSPS) is 15.0. The van der Waals surface area contributed by atoms with Crippen LogP contribution in [0.3, 0.4) is 0 Å². The van der Waals surface area contributed by atoms with E-state index in [0.29, 0.717) is 0 Å². The highest BCUT2D eigenvalue weighted by molar-refractivity contribution is 5.89. The molecule has 0 amide bonds.